The van der Waals surface area contributed by atoms with Crippen molar-refractivity contribution in [3.63, 3.8) is 0 Å². The zero-order chi connectivity index (χ0) is 27.1. The molecular formula is C28H36FN5O4. The lowest BCUT2D eigenvalue weighted by molar-refractivity contribution is -0.133. The Bertz CT molecular complexity index is 1130. The van der Waals surface area contributed by atoms with Gasteiger partial charge in [0.15, 0.2) is 0 Å². The first-order valence-corrected chi connectivity index (χ1v) is 13.0. The highest BCUT2D eigenvalue weighted by Gasteiger charge is 2.34. The van der Waals surface area contributed by atoms with Gasteiger partial charge >= 0.3 is 6.03 Å². The fourth-order valence-corrected chi connectivity index (χ4v) is 4.58. The second kappa shape index (κ2) is 12.8. The van der Waals surface area contributed by atoms with Gasteiger partial charge < -0.3 is 19.7 Å². The number of hydrogen-bond donors (Lipinski definition) is 1. The van der Waals surface area contributed by atoms with Crippen LogP contribution in [0.3, 0.4) is 0 Å². The molecule has 9 nitrogen and oxygen atoms in total. The van der Waals surface area contributed by atoms with Crippen LogP contribution in [0.2, 0.25) is 0 Å². The summed E-state index contributed by atoms with van der Waals surface area (Å²) in [5, 5.41) is 9.04. The van der Waals surface area contributed by atoms with Gasteiger partial charge in [-0.05, 0) is 43.7 Å². The van der Waals surface area contributed by atoms with Gasteiger partial charge in [0.1, 0.15) is 18.1 Å². The number of nitrogens with one attached hydrogen (secondary N) is 1. The molecule has 3 amide bonds. The van der Waals surface area contributed by atoms with Gasteiger partial charge in [0.25, 0.3) is 5.91 Å². The summed E-state index contributed by atoms with van der Waals surface area (Å²) >= 11 is 0. The van der Waals surface area contributed by atoms with Crippen LogP contribution in [0.4, 0.5) is 9.18 Å². The van der Waals surface area contributed by atoms with Crippen LogP contribution in [0.5, 0.6) is 5.75 Å². The van der Waals surface area contributed by atoms with Crippen molar-refractivity contribution in [1.29, 1.82) is 0 Å². The summed E-state index contributed by atoms with van der Waals surface area (Å²) in [5.41, 5.74) is 2.33. The molecule has 0 unspecified atom stereocenters. The molecule has 204 valence electrons. The Morgan fingerprint density at radius 3 is 2.61 bits per heavy atom. The molecule has 0 radical (unpaired) electrons. The molecule has 2 aromatic rings. The zero-order valence-corrected chi connectivity index (χ0v) is 22.2. The first-order chi connectivity index (χ1) is 18.3. The van der Waals surface area contributed by atoms with Crippen molar-refractivity contribution in [2.45, 2.75) is 32.4 Å². The van der Waals surface area contributed by atoms with Crippen molar-refractivity contribution in [3.05, 3.63) is 65.5 Å². The number of ether oxygens (including phenoxy) is 2. The second-order valence-electron chi connectivity index (χ2n) is 9.77. The predicted octanol–water partition coefficient (Wildman–Crippen LogP) is 3.26. The molecule has 4 rings (SSSR count). The summed E-state index contributed by atoms with van der Waals surface area (Å²) < 4.78 is 24.5. The van der Waals surface area contributed by atoms with Crippen LogP contribution in [-0.2, 0) is 9.53 Å². The Hall–Kier alpha value is -3.50. The van der Waals surface area contributed by atoms with E-state index in [1.165, 1.54) is 17.1 Å². The lowest BCUT2D eigenvalue weighted by atomic mass is 9.98. The third-order valence-corrected chi connectivity index (χ3v) is 6.64. The van der Waals surface area contributed by atoms with Crippen molar-refractivity contribution in [1.82, 2.24) is 20.1 Å². The van der Waals surface area contributed by atoms with Crippen molar-refractivity contribution in [2.24, 2.45) is 5.10 Å². The van der Waals surface area contributed by atoms with Crippen molar-refractivity contribution < 1.29 is 23.5 Å². The Morgan fingerprint density at radius 2 is 1.92 bits per heavy atom. The number of morpholine rings is 1. The molecule has 2 aromatic carbocycles. The number of hydrazone groups is 1. The van der Waals surface area contributed by atoms with Gasteiger partial charge in [-0.1, -0.05) is 24.3 Å². The summed E-state index contributed by atoms with van der Waals surface area (Å²) in [6, 6.07) is 12.8. The van der Waals surface area contributed by atoms with E-state index in [1.807, 2.05) is 38.1 Å². The standard InChI is InChI=1S/C28H36FN5O4/c1-20(2)30-28(36)33(12-11-32-13-15-38-16-14-32)19-27(35)34-26(21-7-9-23(29)10-8-21)18-25(31-34)22-5-4-6-24(17-22)37-3/h4-10,17,20,26H,11-16,18-19H2,1-3H3,(H,30,36)/t26-/m1/s1. The first kappa shape index (κ1) is 27.5. The maximum Gasteiger partial charge on any atom is 0.318 e. The maximum atomic E-state index is 13.7. The fraction of sp³-hybridized carbons (Fsp3) is 0.464. The van der Waals surface area contributed by atoms with Crippen molar-refractivity contribution >= 4 is 17.6 Å². The average molecular weight is 526 g/mol. The van der Waals surface area contributed by atoms with Crippen LogP contribution in [-0.4, -0.2) is 91.5 Å². The molecule has 0 spiro atoms. The number of methoxy groups -OCH3 is 1. The molecule has 38 heavy (non-hydrogen) atoms. The first-order valence-electron chi connectivity index (χ1n) is 13.0. The molecule has 1 N–H and O–H groups in total. The van der Waals surface area contributed by atoms with Gasteiger partial charge in [-0.25, -0.2) is 14.2 Å². The topological polar surface area (TPSA) is 86.7 Å². The molecule has 0 aromatic heterocycles. The molecule has 2 aliphatic rings. The van der Waals surface area contributed by atoms with E-state index < -0.39 is 6.04 Å². The third kappa shape index (κ3) is 7.08. The van der Waals surface area contributed by atoms with E-state index in [4.69, 9.17) is 14.6 Å². The summed E-state index contributed by atoms with van der Waals surface area (Å²) in [7, 11) is 1.60. The van der Waals surface area contributed by atoms with Gasteiger partial charge in [0, 0.05) is 44.2 Å². The number of rotatable bonds is 9. The van der Waals surface area contributed by atoms with Crippen LogP contribution in [0.15, 0.2) is 53.6 Å². The number of nitrogens with zero attached hydrogens (tertiary/aromatic N) is 4. The van der Waals surface area contributed by atoms with Crippen LogP contribution in [0.1, 0.15) is 37.4 Å². The molecule has 1 atom stereocenters. The highest BCUT2D eigenvalue weighted by Crippen LogP contribution is 2.33. The molecule has 0 saturated carbocycles. The minimum atomic E-state index is -0.418. The third-order valence-electron chi connectivity index (χ3n) is 6.64. The van der Waals surface area contributed by atoms with E-state index in [2.05, 4.69) is 10.2 Å². The number of benzene rings is 2. The van der Waals surface area contributed by atoms with Crippen LogP contribution < -0.4 is 10.1 Å². The molecular weight excluding hydrogens is 489 g/mol. The van der Waals surface area contributed by atoms with E-state index >= 15 is 0 Å². The normalized spacial score (nSPS) is 17.9. The van der Waals surface area contributed by atoms with Gasteiger partial charge in [-0.3, -0.25) is 9.69 Å². The van der Waals surface area contributed by atoms with Crippen LogP contribution in [0, 0.1) is 5.82 Å². The number of amides is 3. The van der Waals surface area contributed by atoms with E-state index in [9.17, 15) is 14.0 Å². The number of carbonyl (C=O) groups is 2. The fourth-order valence-electron chi connectivity index (χ4n) is 4.58. The van der Waals surface area contributed by atoms with E-state index in [-0.39, 0.29) is 30.3 Å². The van der Waals surface area contributed by atoms with Crippen LogP contribution in [0.25, 0.3) is 0 Å². The number of hydrogen-bond acceptors (Lipinski definition) is 6. The highest BCUT2D eigenvalue weighted by atomic mass is 19.1. The van der Waals surface area contributed by atoms with Gasteiger partial charge in [0.2, 0.25) is 0 Å². The second-order valence-corrected chi connectivity index (χ2v) is 9.77. The summed E-state index contributed by atoms with van der Waals surface area (Å²) in [6.07, 6.45) is 0.455. The van der Waals surface area contributed by atoms with E-state index in [1.54, 1.807) is 24.1 Å². The molecule has 10 heteroatoms. The summed E-state index contributed by atoms with van der Waals surface area (Å²) in [5.74, 6) is 0.0317. The molecule has 2 aliphatic heterocycles. The highest BCUT2D eigenvalue weighted by molar-refractivity contribution is 6.03. The Morgan fingerprint density at radius 1 is 1.18 bits per heavy atom. The van der Waals surface area contributed by atoms with E-state index in [0.717, 1.165) is 29.9 Å². The van der Waals surface area contributed by atoms with Crippen molar-refractivity contribution in [3.8, 4) is 5.75 Å². The lowest BCUT2D eigenvalue weighted by Gasteiger charge is -2.31. The molecule has 1 saturated heterocycles. The minimum Gasteiger partial charge on any atom is -0.497 e. The Labute approximate surface area is 223 Å². The van der Waals surface area contributed by atoms with Crippen LogP contribution >= 0.6 is 0 Å². The van der Waals surface area contributed by atoms with Gasteiger partial charge in [-0.15, -0.1) is 0 Å². The monoisotopic (exact) mass is 525 g/mol. The average Bonchev–Trinajstić information content (AvgIpc) is 3.37. The molecule has 0 bridgehead atoms. The number of urea groups is 1. The molecule has 1 fully saturated rings. The predicted molar refractivity (Wildman–Crippen MR) is 143 cm³/mol. The van der Waals surface area contributed by atoms with Gasteiger partial charge in [0.05, 0.1) is 32.1 Å². The molecule has 0 aliphatic carbocycles. The maximum absolute atomic E-state index is 13.7. The summed E-state index contributed by atoms with van der Waals surface area (Å²) in [6.45, 7) is 7.58. The SMILES string of the molecule is COc1cccc(C2=NN(C(=O)CN(CCN3CCOCC3)C(=O)NC(C)C)[C@@H](c3ccc(F)cc3)C2)c1. The largest absolute Gasteiger partial charge is 0.497 e. The minimum absolute atomic E-state index is 0.0695. The smallest absolute Gasteiger partial charge is 0.318 e. The number of halogens is 1. The Kier molecular flexibility index (Phi) is 9.30. The molecule has 2 heterocycles. The summed E-state index contributed by atoms with van der Waals surface area (Å²) in [4.78, 5) is 30.5. The Balaban J connectivity index is 1.57. The lowest BCUT2D eigenvalue weighted by Crippen LogP contribution is -2.50. The number of carbonyl (C=O) groups excluding carboxylic acids is 2. The van der Waals surface area contributed by atoms with E-state index in [0.29, 0.717) is 38.5 Å². The van der Waals surface area contributed by atoms with Crippen molar-refractivity contribution in [2.75, 3.05) is 53.0 Å². The zero-order valence-electron chi connectivity index (χ0n) is 22.2. The quantitative estimate of drug-likeness (QED) is 0.543. The van der Waals surface area contributed by atoms with Gasteiger partial charge in [-0.2, -0.15) is 5.10 Å².